The van der Waals surface area contributed by atoms with Crippen molar-refractivity contribution in [1.29, 1.82) is 5.26 Å². The third-order valence-corrected chi connectivity index (χ3v) is 2.47. The predicted octanol–water partition coefficient (Wildman–Crippen LogP) is 2.79. The Kier molecular flexibility index (Phi) is 2.85. The number of rotatable bonds is 2. The molecule has 0 unspecified atom stereocenters. The van der Waals surface area contributed by atoms with E-state index < -0.39 is 11.2 Å². The Balaban J connectivity index is 3.02. The van der Waals surface area contributed by atoms with Crippen LogP contribution in [0.3, 0.4) is 0 Å². The minimum atomic E-state index is -0.761. The lowest BCUT2D eigenvalue weighted by atomic mass is 9.63. The van der Waals surface area contributed by atoms with Crippen LogP contribution in [-0.4, -0.2) is 12.8 Å². The molecule has 0 aromatic heterocycles. The van der Waals surface area contributed by atoms with Crippen LogP contribution in [0.5, 0.6) is 0 Å². The topological polar surface area (TPSA) is 36.1 Å². The molecule has 14 heavy (non-hydrogen) atoms. The van der Waals surface area contributed by atoms with Gasteiger partial charge < -0.3 is 0 Å². The highest BCUT2D eigenvalue weighted by Gasteiger charge is 2.46. The Hall–Kier alpha value is -1.43. The van der Waals surface area contributed by atoms with Crippen molar-refractivity contribution >= 4 is 5.71 Å². The van der Waals surface area contributed by atoms with Gasteiger partial charge in [-0.15, -0.1) is 0 Å². The van der Waals surface area contributed by atoms with Gasteiger partial charge in [0.25, 0.3) is 0 Å². The highest BCUT2D eigenvalue weighted by molar-refractivity contribution is 6.05. The van der Waals surface area contributed by atoms with E-state index in [1.807, 2.05) is 0 Å². The standard InChI is InChI=1S/C11H13FN2/c1-4-9(12)10(14-3)11(7-13)5-8(2)6-11/h4H,2,5-6H2,1,3H3. The first-order valence-corrected chi connectivity index (χ1v) is 4.47. The maximum absolute atomic E-state index is 13.4. The number of nitriles is 1. The van der Waals surface area contributed by atoms with E-state index in [0.717, 1.165) is 5.57 Å². The minimum absolute atomic E-state index is 0.259. The molecule has 0 saturated heterocycles. The van der Waals surface area contributed by atoms with Crippen molar-refractivity contribution in [3.63, 3.8) is 0 Å². The zero-order chi connectivity index (χ0) is 10.8. The van der Waals surface area contributed by atoms with Gasteiger partial charge in [-0.05, 0) is 25.8 Å². The second-order valence-electron chi connectivity index (χ2n) is 3.51. The molecule has 0 aromatic carbocycles. The quantitative estimate of drug-likeness (QED) is 0.489. The molecule has 0 spiro atoms. The number of hydrogen-bond donors (Lipinski definition) is 0. The lowest BCUT2D eigenvalue weighted by Gasteiger charge is -2.37. The van der Waals surface area contributed by atoms with E-state index in [1.54, 1.807) is 6.92 Å². The fourth-order valence-corrected chi connectivity index (χ4v) is 1.79. The SMILES string of the molecule is C=C1CC(C#N)(C(=NC)C(F)=CC)C1. The molecule has 74 valence electrons. The van der Waals surface area contributed by atoms with Gasteiger partial charge in [0.15, 0.2) is 0 Å². The summed E-state index contributed by atoms with van der Waals surface area (Å²) >= 11 is 0. The maximum Gasteiger partial charge on any atom is 0.141 e. The van der Waals surface area contributed by atoms with E-state index in [4.69, 9.17) is 5.26 Å². The van der Waals surface area contributed by atoms with Crippen molar-refractivity contribution in [3.05, 3.63) is 24.1 Å². The largest absolute Gasteiger partial charge is 0.288 e. The van der Waals surface area contributed by atoms with E-state index in [-0.39, 0.29) is 5.71 Å². The Bertz CT molecular complexity index is 350. The lowest BCUT2D eigenvalue weighted by molar-refractivity contribution is 0.419. The van der Waals surface area contributed by atoms with Gasteiger partial charge in [0.2, 0.25) is 0 Å². The number of aliphatic imine (C=N–C) groups is 1. The van der Waals surface area contributed by atoms with Crippen LogP contribution in [0, 0.1) is 16.7 Å². The van der Waals surface area contributed by atoms with E-state index in [9.17, 15) is 4.39 Å². The van der Waals surface area contributed by atoms with Gasteiger partial charge in [0.1, 0.15) is 11.2 Å². The summed E-state index contributed by atoms with van der Waals surface area (Å²) < 4.78 is 13.4. The fraction of sp³-hybridized carbons (Fsp3) is 0.455. The molecule has 1 aliphatic rings. The first kappa shape index (κ1) is 10.6. The molecule has 1 saturated carbocycles. The summed E-state index contributed by atoms with van der Waals surface area (Å²) in [5.41, 5.74) is 0.481. The summed E-state index contributed by atoms with van der Waals surface area (Å²) in [6, 6.07) is 2.14. The first-order valence-electron chi connectivity index (χ1n) is 4.47. The van der Waals surface area contributed by atoms with Crippen molar-refractivity contribution in [2.24, 2.45) is 10.4 Å². The van der Waals surface area contributed by atoms with Gasteiger partial charge in [-0.25, -0.2) is 4.39 Å². The molecular weight excluding hydrogens is 179 g/mol. The molecule has 0 amide bonds. The van der Waals surface area contributed by atoms with Gasteiger partial charge in [-0.3, -0.25) is 4.99 Å². The molecule has 3 heteroatoms. The molecule has 1 aliphatic carbocycles. The molecule has 0 radical (unpaired) electrons. The molecule has 0 aromatic rings. The second kappa shape index (κ2) is 3.75. The summed E-state index contributed by atoms with van der Waals surface area (Å²) in [4.78, 5) is 3.87. The predicted molar refractivity (Wildman–Crippen MR) is 54.6 cm³/mol. The second-order valence-corrected chi connectivity index (χ2v) is 3.51. The van der Waals surface area contributed by atoms with Crippen molar-refractivity contribution in [2.45, 2.75) is 19.8 Å². The molecule has 1 rings (SSSR count). The van der Waals surface area contributed by atoms with Crippen LogP contribution >= 0.6 is 0 Å². The van der Waals surface area contributed by atoms with Gasteiger partial charge in [0.05, 0.1) is 11.8 Å². The molecule has 0 aliphatic heterocycles. The Morgan fingerprint density at radius 1 is 1.71 bits per heavy atom. The molecule has 1 fully saturated rings. The Labute approximate surface area is 83.5 Å². The third-order valence-electron chi connectivity index (χ3n) is 2.47. The summed E-state index contributed by atoms with van der Waals surface area (Å²) in [7, 11) is 1.51. The van der Waals surface area contributed by atoms with Gasteiger partial charge in [-0.1, -0.05) is 12.2 Å². The first-order chi connectivity index (χ1) is 6.59. The number of nitrogens with zero attached hydrogens (tertiary/aromatic N) is 2. The van der Waals surface area contributed by atoms with Crippen LogP contribution in [0.4, 0.5) is 4.39 Å². The van der Waals surface area contributed by atoms with Crippen molar-refractivity contribution in [2.75, 3.05) is 7.05 Å². The van der Waals surface area contributed by atoms with E-state index in [0.29, 0.717) is 12.8 Å². The van der Waals surface area contributed by atoms with Crippen molar-refractivity contribution < 1.29 is 4.39 Å². The zero-order valence-corrected chi connectivity index (χ0v) is 8.47. The van der Waals surface area contributed by atoms with Crippen molar-refractivity contribution in [3.8, 4) is 6.07 Å². The minimum Gasteiger partial charge on any atom is -0.288 e. The van der Waals surface area contributed by atoms with Crippen molar-refractivity contribution in [1.82, 2.24) is 0 Å². The van der Waals surface area contributed by atoms with Crippen LogP contribution in [-0.2, 0) is 0 Å². The van der Waals surface area contributed by atoms with Crippen LogP contribution < -0.4 is 0 Å². The number of halogens is 1. The van der Waals surface area contributed by atoms with E-state index in [2.05, 4.69) is 17.6 Å². The smallest absolute Gasteiger partial charge is 0.141 e. The van der Waals surface area contributed by atoms with Gasteiger partial charge in [-0.2, -0.15) is 5.26 Å². The van der Waals surface area contributed by atoms with E-state index >= 15 is 0 Å². The molecule has 0 N–H and O–H groups in total. The number of hydrogen-bond acceptors (Lipinski definition) is 2. The highest BCUT2D eigenvalue weighted by Crippen LogP contribution is 2.46. The lowest BCUT2D eigenvalue weighted by Crippen LogP contribution is -2.38. The van der Waals surface area contributed by atoms with Crippen LogP contribution in [0.2, 0.25) is 0 Å². The summed E-state index contributed by atoms with van der Waals surface area (Å²) in [6.07, 6.45) is 2.39. The Morgan fingerprint density at radius 3 is 2.57 bits per heavy atom. The summed E-state index contributed by atoms with van der Waals surface area (Å²) in [5.74, 6) is -0.401. The third kappa shape index (κ3) is 1.48. The van der Waals surface area contributed by atoms with Gasteiger partial charge >= 0.3 is 0 Å². The summed E-state index contributed by atoms with van der Waals surface area (Å²) in [6.45, 7) is 5.35. The van der Waals surface area contributed by atoms with Crippen LogP contribution in [0.15, 0.2) is 29.0 Å². The molecule has 0 heterocycles. The van der Waals surface area contributed by atoms with Crippen LogP contribution in [0.25, 0.3) is 0 Å². The Morgan fingerprint density at radius 2 is 2.29 bits per heavy atom. The molecule has 0 bridgehead atoms. The maximum atomic E-state index is 13.4. The number of allylic oxidation sites excluding steroid dienone is 3. The fourth-order valence-electron chi connectivity index (χ4n) is 1.79. The van der Waals surface area contributed by atoms with Gasteiger partial charge in [0, 0.05) is 7.05 Å². The molecular formula is C11H13FN2. The zero-order valence-electron chi connectivity index (χ0n) is 8.47. The van der Waals surface area contributed by atoms with E-state index in [1.165, 1.54) is 13.1 Å². The molecule has 0 atom stereocenters. The monoisotopic (exact) mass is 192 g/mol. The average molecular weight is 192 g/mol. The normalized spacial score (nSPS) is 21.4. The highest BCUT2D eigenvalue weighted by atomic mass is 19.1. The molecule has 2 nitrogen and oxygen atoms in total. The summed E-state index contributed by atoms with van der Waals surface area (Å²) in [5, 5.41) is 9.03. The average Bonchev–Trinajstić information content (AvgIpc) is 2.15. The van der Waals surface area contributed by atoms with Crippen LogP contribution in [0.1, 0.15) is 19.8 Å².